The van der Waals surface area contributed by atoms with E-state index in [1.807, 2.05) is 44.1 Å². The Morgan fingerprint density at radius 2 is 1.74 bits per heavy atom. The summed E-state index contributed by atoms with van der Waals surface area (Å²) in [5.74, 6) is 1.04. The Hall–Kier alpha value is -2.63. The van der Waals surface area contributed by atoms with E-state index >= 15 is 0 Å². The van der Waals surface area contributed by atoms with Gasteiger partial charge in [-0.1, -0.05) is 30.3 Å². The highest BCUT2D eigenvalue weighted by molar-refractivity contribution is 5.95. The van der Waals surface area contributed by atoms with Crippen molar-refractivity contribution in [3.63, 3.8) is 0 Å². The zero-order valence-corrected chi connectivity index (χ0v) is 18.9. The number of nitrogens with zero attached hydrogens (tertiary/aromatic N) is 2. The second kappa shape index (κ2) is 9.25. The maximum Gasteiger partial charge on any atom is 0.253 e. The van der Waals surface area contributed by atoms with Gasteiger partial charge in [0.25, 0.3) is 5.91 Å². The molecule has 0 radical (unpaired) electrons. The summed E-state index contributed by atoms with van der Waals surface area (Å²) in [5.41, 5.74) is 3.92. The van der Waals surface area contributed by atoms with Crippen LogP contribution in [0.2, 0.25) is 0 Å². The number of amides is 1. The van der Waals surface area contributed by atoms with Crippen LogP contribution in [-0.2, 0) is 0 Å². The van der Waals surface area contributed by atoms with E-state index in [4.69, 9.17) is 4.74 Å². The predicted octanol–water partition coefficient (Wildman–Crippen LogP) is 3.66. The molecule has 1 N–H and O–H groups in total. The third kappa shape index (κ3) is 4.68. The number of para-hydroxylation sites is 1. The highest BCUT2D eigenvalue weighted by Gasteiger charge is 2.36. The third-order valence-electron chi connectivity index (χ3n) is 6.28. The fourth-order valence-corrected chi connectivity index (χ4v) is 4.40. The minimum absolute atomic E-state index is 0.0899. The van der Waals surface area contributed by atoms with Gasteiger partial charge in [-0.3, -0.25) is 4.79 Å². The van der Waals surface area contributed by atoms with Gasteiger partial charge >= 0.3 is 0 Å². The molecule has 1 saturated heterocycles. The summed E-state index contributed by atoms with van der Waals surface area (Å²) >= 11 is 0. The van der Waals surface area contributed by atoms with E-state index in [1.54, 1.807) is 0 Å². The van der Waals surface area contributed by atoms with Crippen LogP contribution in [0.25, 0.3) is 5.57 Å². The maximum absolute atomic E-state index is 13.0. The van der Waals surface area contributed by atoms with E-state index in [-0.39, 0.29) is 11.5 Å². The van der Waals surface area contributed by atoms with Crippen molar-refractivity contribution in [1.82, 2.24) is 15.1 Å². The van der Waals surface area contributed by atoms with Crippen LogP contribution in [-0.4, -0.2) is 68.1 Å². The van der Waals surface area contributed by atoms with Crippen molar-refractivity contribution in [2.75, 3.05) is 46.8 Å². The summed E-state index contributed by atoms with van der Waals surface area (Å²) in [7, 11) is 4.06. The highest BCUT2D eigenvalue weighted by atomic mass is 16.5. The Kier molecular flexibility index (Phi) is 6.44. The van der Waals surface area contributed by atoms with E-state index < -0.39 is 0 Å². The van der Waals surface area contributed by atoms with Gasteiger partial charge in [0.05, 0.1) is 0 Å². The molecule has 164 valence electrons. The molecule has 0 unspecified atom stereocenters. The Morgan fingerprint density at radius 3 is 2.42 bits per heavy atom. The zero-order valence-electron chi connectivity index (χ0n) is 18.9. The van der Waals surface area contributed by atoms with E-state index in [2.05, 4.69) is 46.6 Å². The number of ether oxygens (including phenoxy) is 1. The summed E-state index contributed by atoms with van der Waals surface area (Å²) in [4.78, 5) is 17.0. The van der Waals surface area contributed by atoms with Crippen LogP contribution in [0.5, 0.6) is 5.75 Å². The van der Waals surface area contributed by atoms with Gasteiger partial charge in [0.1, 0.15) is 11.4 Å². The van der Waals surface area contributed by atoms with E-state index in [1.165, 1.54) is 5.57 Å². The first-order valence-electron chi connectivity index (χ1n) is 11.3. The Balaban J connectivity index is 1.62. The van der Waals surface area contributed by atoms with Crippen LogP contribution in [0, 0.1) is 0 Å². The summed E-state index contributed by atoms with van der Waals surface area (Å²) in [6.07, 6.45) is 4.22. The zero-order chi connectivity index (χ0) is 21.8. The van der Waals surface area contributed by atoms with Crippen molar-refractivity contribution in [3.05, 3.63) is 71.3 Å². The first-order chi connectivity index (χ1) is 15.0. The number of carbonyl (C=O) groups excluding carboxylic acids is 1. The lowest BCUT2D eigenvalue weighted by Crippen LogP contribution is -2.46. The van der Waals surface area contributed by atoms with Crippen LogP contribution in [0.4, 0.5) is 0 Å². The molecule has 0 aliphatic carbocycles. The van der Waals surface area contributed by atoms with Gasteiger partial charge in [-0.25, -0.2) is 0 Å². The number of benzene rings is 2. The number of piperidine rings is 1. The Bertz CT molecular complexity index is 943. The van der Waals surface area contributed by atoms with Crippen molar-refractivity contribution in [3.8, 4) is 5.75 Å². The first-order valence-corrected chi connectivity index (χ1v) is 11.3. The van der Waals surface area contributed by atoms with Gasteiger partial charge in [0.15, 0.2) is 0 Å². The molecule has 0 saturated carbocycles. The average molecular weight is 420 g/mol. The molecule has 0 bridgehead atoms. The van der Waals surface area contributed by atoms with Gasteiger partial charge in [-0.05, 0) is 69.5 Å². The van der Waals surface area contributed by atoms with Crippen LogP contribution < -0.4 is 10.1 Å². The molecular weight excluding hydrogens is 386 g/mol. The smallest absolute Gasteiger partial charge is 0.253 e. The predicted molar refractivity (Wildman–Crippen MR) is 126 cm³/mol. The number of hydrogen-bond acceptors (Lipinski definition) is 4. The monoisotopic (exact) mass is 419 g/mol. The molecule has 4 rings (SSSR count). The number of rotatable bonds is 6. The lowest BCUT2D eigenvalue weighted by atomic mass is 9.83. The second-order valence-corrected chi connectivity index (χ2v) is 8.74. The van der Waals surface area contributed by atoms with Gasteiger partial charge in [-0.15, -0.1) is 0 Å². The van der Waals surface area contributed by atoms with Crippen molar-refractivity contribution in [2.24, 2.45) is 0 Å². The molecule has 0 atom stereocenters. The highest BCUT2D eigenvalue weighted by Crippen LogP contribution is 2.42. The number of hydrogen-bond donors (Lipinski definition) is 1. The van der Waals surface area contributed by atoms with Crippen LogP contribution in [0.15, 0.2) is 54.6 Å². The second-order valence-electron chi connectivity index (χ2n) is 8.74. The molecule has 5 heteroatoms. The van der Waals surface area contributed by atoms with Crippen LogP contribution in [0.1, 0.15) is 41.3 Å². The lowest BCUT2D eigenvalue weighted by molar-refractivity contribution is 0.0753. The fourth-order valence-electron chi connectivity index (χ4n) is 4.40. The SMILES string of the molecule is CCN(CCN(C)C)C(=O)c1ccc(C2=CC3(CCNCC3)Oc3ccccc32)cc1. The van der Waals surface area contributed by atoms with E-state index in [9.17, 15) is 4.79 Å². The molecular formula is C26H33N3O2. The Morgan fingerprint density at radius 1 is 1.03 bits per heavy atom. The first kappa shape index (κ1) is 21.6. The minimum atomic E-state index is -0.255. The molecule has 1 spiro atoms. The van der Waals surface area contributed by atoms with Crippen LogP contribution >= 0.6 is 0 Å². The topological polar surface area (TPSA) is 44.8 Å². The summed E-state index contributed by atoms with van der Waals surface area (Å²) in [6.45, 7) is 6.25. The molecule has 0 aromatic heterocycles. The lowest BCUT2D eigenvalue weighted by Gasteiger charge is -2.40. The third-order valence-corrected chi connectivity index (χ3v) is 6.28. The van der Waals surface area contributed by atoms with E-state index in [0.717, 1.165) is 61.5 Å². The molecule has 5 nitrogen and oxygen atoms in total. The average Bonchev–Trinajstić information content (AvgIpc) is 2.79. The number of nitrogens with one attached hydrogen (secondary N) is 1. The summed E-state index contributed by atoms with van der Waals surface area (Å²) < 4.78 is 6.49. The van der Waals surface area contributed by atoms with Crippen molar-refractivity contribution in [1.29, 1.82) is 0 Å². The molecule has 1 amide bonds. The molecule has 2 aromatic rings. The maximum atomic E-state index is 13.0. The summed E-state index contributed by atoms with van der Waals surface area (Å²) in [5, 5.41) is 3.43. The van der Waals surface area contributed by atoms with Gasteiger partial charge in [0, 0.05) is 43.6 Å². The molecule has 31 heavy (non-hydrogen) atoms. The van der Waals surface area contributed by atoms with Crippen molar-refractivity contribution >= 4 is 11.5 Å². The van der Waals surface area contributed by atoms with E-state index in [0.29, 0.717) is 6.54 Å². The molecule has 2 aliphatic heterocycles. The standard InChI is InChI=1S/C26H33N3O2/c1-4-29(18-17-28(2)3)25(30)21-11-9-20(10-12-21)23-19-26(13-15-27-16-14-26)31-24-8-6-5-7-22(23)24/h5-12,19,27H,4,13-18H2,1-3H3. The minimum Gasteiger partial charge on any atom is -0.482 e. The van der Waals surface area contributed by atoms with Gasteiger partial charge < -0.3 is 19.9 Å². The fraction of sp³-hybridized carbons (Fsp3) is 0.423. The molecule has 1 fully saturated rings. The summed E-state index contributed by atoms with van der Waals surface area (Å²) in [6, 6.07) is 16.4. The number of carbonyl (C=O) groups is 1. The molecule has 2 aromatic carbocycles. The van der Waals surface area contributed by atoms with Crippen molar-refractivity contribution in [2.45, 2.75) is 25.4 Å². The van der Waals surface area contributed by atoms with Crippen LogP contribution in [0.3, 0.4) is 0 Å². The Labute approximate surface area is 185 Å². The van der Waals surface area contributed by atoms with Gasteiger partial charge in [0.2, 0.25) is 0 Å². The quantitative estimate of drug-likeness (QED) is 0.776. The van der Waals surface area contributed by atoms with Crippen molar-refractivity contribution < 1.29 is 9.53 Å². The molecule has 2 aliphatic rings. The largest absolute Gasteiger partial charge is 0.482 e. The normalized spacial score (nSPS) is 17.1. The number of likely N-dealkylation sites (N-methyl/N-ethyl adjacent to an activating group) is 2. The molecule has 2 heterocycles. The number of fused-ring (bicyclic) bond motifs is 1. The van der Waals surface area contributed by atoms with Gasteiger partial charge in [-0.2, -0.15) is 0 Å².